The van der Waals surface area contributed by atoms with Crippen molar-refractivity contribution >= 4 is 12.6 Å². The van der Waals surface area contributed by atoms with Gasteiger partial charge in [0.25, 0.3) is 0 Å². The van der Waals surface area contributed by atoms with Crippen LogP contribution >= 0.6 is 0 Å². The summed E-state index contributed by atoms with van der Waals surface area (Å²) in [6, 6.07) is 14.4. The lowest BCUT2D eigenvalue weighted by atomic mass is 9.77. The van der Waals surface area contributed by atoms with E-state index < -0.39 is 0 Å². The zero-order valence-electron chi connectivity index (χ0n) is 12.5. The summed E-state index contributed by atoms with van der Waals surface area (Å²) in [6.45, 7) is 1.92. The highest BCUT2D eigenvalue weighted by Crippen LogP contribution is 2.19. The first kappa shape index (κ1) is 15.2. The number of methoxy groups -OCH3 is 1. The molecule has 2 aromatic rings. The molecule has 2 aromatic carbocycles. The van der Waals surface area contributed by atoms with Crippen LogP contribution in [0.2, 0.25) is 0 Å². The minimum absolute atomic E-state index is 0.227. The molecule has 0 atom stereocenters. The maximum atomic E-state index is 13.0. The Hall–Kier alpha value is -1.69. The van der Waals surface area contributed by atoms with Gasteiger partial charge in [0.2, 0.25) is 0 Å². The summed E-state index contributed by atoms with van der Waals surface area (Å²) in [5.41, 5.74) is 3.01. The van der Waals surface area contributed by atoms with E-state index in [-0.39, 0.29) is 12.9 Å². The molecule has 0 bridgehead atoms. The van der Waals surface area contributed by atoms with E-state index in [1.54, 1.807) is 19.2 Å². The van der Waals surface area contributed by atoms with Gasteiger partial charge in [-0.3, -0.25) is 0 Å². The maximum absolute atomic E-state index is 13.0. The van der Waals surface area contributed by atoms with Crippen LogP contribution in [0.25, 0.3) is 11.1 Å². The van der Waals surface area contributed by atoms with Gasteiger partial charge >= 0.3 is 7.12 Å². The standard InChI is InChI=1S/C17H18BFO3/c1-20-10-13-11-21-18(22-12-13)16-6-2-14(3-7-16)15-4-8-17(19)9-5-15/h2-9,13H,10-12H2,1H3. The normalized spacial score (nSPS) is 16.0. The molecule has 0 spiro atoms. The number of hydrogen-bond acceptors (Lipinski definition) is 3. The summed E-state index contributed by atoms with van der Waals surface area (Å²) < 4.78 is 29.5. The van der Waals surface area contributed by atoms with E-state index in [4.69, 9.17) is 14.0 Å². The van der Waals surface area contributed by atoms with Gasteiger partial charge in [-0.2, -0.15) is 0 Å². The molecular formula is C17H18BFO3. The van der Waals surface area contributed by atoms with Crippen molar-refractivity contribution in [2.24, 2.45) is 5.92 Å². The van der Waals surface area contributed by atoms with Gasteiger partial charge in [-0.15, -0.1) is 0 Å². The number of benzene rings is 2. The minimum atomic E-state index is -0.324. The third kappa shape index (κ3) is 3.55. The second-order valence-corrected chi connectivity index (χ2v) is 5.45. The zero-order valence-corrected chi connectivity index (χ0v) is 12.5. The second-order valence-electron chi connectivity index (χ2n) is 5.45. The van der Waals surface area contributed by atoms with Crippen molar-refractivity contribution in [2.45, 2.75) is 0 Å². The molecule has 0 aromatic heterocycles. The number of hydrogen-bond donors (Lipinski definition) is 0. The van der Waals surface area contributed by atoms with Crippen LogP contribution in [0.3, 0.4) is 0 Å². The van der Waals surface area contributed by atoms with Crippen molar-refractivity contribution in [2.75, 3.05) is 26.9 Å². The highest BCUT2D eigenvalue weighted by Gasteiger charge is 2.28. The third-order valence-electron chi connectivity index (χ3n) is 3.73. The van der Waals surface area contributed by atoms with Crippen LogP contribution in [0.1, 0.15) is 0 Å². The summed E-state index contributed by atoms with van der Waals surface area (Å²) >= 11 is 0. The molecule has 0 amide bonds. The minimum Gasteiger partial charge on any atom is -0.407 e. The first-order chi connectivity index (χ1) is 10.8. The van der Waals surface area contributed by atoms with E-state index in [2.05, 4.69) is 0 Å². The molecule has 0 unspecified atom stereocenters. The molecule has 1 aliphatic rings. The van der Waals surface area contributed by atoms with Crippen LogP contribution in [0.15, 0.2) is 48.5 Å². The van der Waals surface area contributed by atoms with Crippen molar-refractivity contribution in [3.63, 3.8) is 0 Å². The van der Waals surface area contributed by atoms with Crippen LogP contribution in [0.5, 0.6) is 0 Å². The lowest BCUT2D eigenvalue weighted by molar-refractivity contribution is 0.0364. The lowest BCUT2D eigenvalue weighted by Gasteiger charge is -2.27. The fraction of sp³-hybridized carbons (Fsp3) is 0.294. The number of rotatable bonds is 4. The molecule has 0 aliphatic carbocycles. The smallest absolute Gasteiger partial charge is 0.407 e. The predicted molar refractivity (Wildman–Crippen MR) is 84.5 cm³/mol. The predicted octanol–water partition coefficient (Wildman–Crippen LogP) is 2.50. The van der Waals surface area contributed by atoms with Gasteiger partial charge in [-0.05, 0) is 28.7 Å². The van der Waals surface area contributed by atoms with Gasteiger partial charge in [0, 0.05) is 26.2 Å². The molecule has 1 heterocycles. The molecule has 22 heavy (non-hydrogen) atoms. The van der Waals surface area contributed by atoms with Crippen molar-refractivity contribution in [1.82, 2.24) is 0 Å². The van der Waals surface area contributed by atoms with Gasteiger partial charge in [0.1, 0.15) is 5.82 Å². The van der Waals surface area contributed by atoms with Gasteiger partial charge in [0.05, 0.1) is 6.61 Å². The van der Waals surface area contributed by atoms with E-state index >= 15 is 0 Å². The zero-order chi connectivity index (χ0) is 15.4. The summed E-state index contributed by atoms with van der Waals surface area (Å²) in [6.07, 6.45) is 0. The third-order valence-corrected chi connectivity index (χ3v) is 3.73. The molecule has 114 valence electrons. The molecule has 1 saturated heterocycles. The molecule has 3 nitrogen and oxygen atoms in total. The first-order valence-corrected chi connectivity index (χ1v) is 7.34. The van der Waals surface area contributed by atoms with Crippen LogP contribution < -0.4 is 5.46 Å². The van der Waals surface area contributed by atoms with Crippen LogP contribution in [0, 0.1) is 11.7 Å². The monoisotopic (exact) mass is 300 g/mol. The van der Waals surface area contributed by atoms with Gasteiger partial charge < -0.3 is 14.0 Å². The average molecular weight is 300 g/mol. The Morgan fingerprint density at radius 1 is 1.00 bits per heavy atom. The molecular weight excluding hydrogens is 282 g/mol. The Kier molecular flexibility index (Phi) is 4.88. The molecule has 1 aliphatic heterocycles. The molecule has 0 saturated carbocycles. The lowest BCUT2D eigenvalue weighted by Crippen LogP contribution is -2.45. The first-order valence-electron chi connectivity index (χ1n) is 7.34. The Labute approximate surface area is 130 Å². The fourth-order valence-corrected chi connectivity index (χ4v) is 2.54. The average Bonchev–Trinajstić information content (AvgIpc) is 2.57. The SMILES string of the molecule is COCC1COB(c2ccc(-c3ccc(F)cc3)cc2)OC1. The van der Waals surface area contributed by atoms with E-state index in [1.165, 1.54) is 12.1 Å². The summed E-state index contributed by atoms with van der Waals surface area (Å²) in [5.74, 6) is 0.0646. The molecule has 3 rings (SSSR count). The van der Waals surface area contributed by atoms with E-state index in [9.17, 15) is 4.39 Å². The van der Waals surface area contributed by atoms with Crippen LogP contribution in [-0.4, -0.2) is 34.0 Å². The van der Waals surface area contributed by atoms with Gasteiger partial charge in [-0.25, -0.2) is 4.39 Å². The Bertz CT molecular complexity index is 592. The summed E-state index contributed by atoms with van der Waals surface area (Å²) in [4.78, 5) is 0. The van der Waals surface area contributed by atoms with Crippen molar-refractivity contribution < 1.29 is 18.4 Å². The summed E-state index contributed by atoms with van der Waals surface area (Å²) in [5, 5.41) is 0. The Balaban J connectivity index is 1.66. The Morgan fingerprint density at radius 2 is 1.55 bits per heavy atom. The highest BCUT2D eigenvalue weighted by molar-refractivity contribution is 6.61. The van der Waals surface area contributed by atoms with E-state index in [0.717, 1.165) is 16.6 Å². The van der Waals surface area contributed by atoms with E-state index in [0.29, 0.717) is 25.7 Å². The molecule has 5 heteroatoms. The molecule has 0 radical (unpaired) electrons. The maximum Gasteiger partial charge on any atom is 0.493 e. The van der Waals surface area contributed by atoms with Crippen molar-refractivity contribution in [1.29, 1.82) is 0 Å². The number of halogens is 1. The van der Waals surface area contributed by atoms with E-state index in [1.807, 2.05) is 24.3 Å². The van der Waals surface area contributed by atoms with Gasteiger partial charge in [0.15, 0.2) is 0 Å². The van der Waals surface area contributed by atoms with Crippen molar-refractivity contribution in [3.8, 4) is 11.1 Å². The molecule has 0 N–H and O–H groups in total. The summed E-state index contributed by atoms with van der Waals surface area (Å²) in [7, 11) is 1.36. The van der Waals surface area contributed by atoms with Crippen LogP contribution in [0.4, 0.5) is 4.39 Å². The number of ether oxygens (including phenoxy) is 1. The van der Waals surface area contributed by atoms with Crippen LogP contribution in [-0.2, 0) is 14.0 Å². The quantitative estimate of drug-likeness (QED) is 0.812. The molecule has 1 fully saturated rings. The second kappa shape index (κ2) is 7.05. The largest absolute Gasteiger partial charge is 0.493 e. The fourth-order valence-electron chi connectivity index (χ4n) is 2.54. The topological polar surface area (TPSA) is 27.7 Å². The van der Waals surface area contributed by atoms with Gasteiger partial charge in [-0.1, -0.05) is 36.4 Å². The Morgan fingerprint density at radius 3 is 2.09 bits per heavy atom. The van der Waals surface area contributed by atoms with Crippen molar-refractivity contribution in [3.05, 3.63) is 54.3 Å². The highest BCUT2D eigenvalue weighted by atomic mass is 19.1.